The third kappa shape index (κ3) is 2.85. The van der Waals surface area contributed by atoms with Gasteiger partial charge in [-0.3, -0.25) is 0 Å². The van der Waals surface area contributed by atoms with Crippen LogP contribution in [-0.2, 0) is 6.42 Å². The summed E-state index contributed by atoms with van der Waals surface area (Å²) < 4.78 is 3.34. The van der Waals surface area contributed by atoms with Crippen LogP contribution in [0.15, 0.2) is 53.0 Å². The molecule has 4 heteroatoms. The lowest BCUT2D eigenvalue weighted by atomic mass is 10.1. The molecule has 1 unspecified atom stereocenters. The van der Waals surface area contributed by atoms with Crippen LogP contribution >= 0.6 is 27.5 Å². The van der Waals surface area contributed by atoms with E-state index >= 15 is 0 Å². The molecule has 0 radical (unpaired) electrons. The van der Waals surface area contributed by atoms with Crippen molar-refractivity contribution in [2.75, 3.05) is 5.88 Å². The van der Waals surface area contributed by atoms with Gasteiger partial charge in [0, 0.05) is 16.8 Å². The molecular weight excluding hydrogens is 348 g/mol. The number of nitrogens with zero attached hydrogens (tertiary/aromatic N) is 2. The van der Waals surface area contributed by atoms with Crippen LogP contribution in [0.4, 0.5) is 0 Å². The molecule has 1 heterocycles. The highest BCUT2D eigenvalue weighted by molar-refractivity contribution is 9.10. The summed E-state index contributed by atoms with van der Waals surface area (Å²) in [6.45, 7) is 2.20. The molecule has 0 amide bonds. The first-order chi connectivity index (χ1) is 10.2. The lowest BCUT2D eigenvalue weighted by Crippen LogP contribution is -2.11. The molecule has 1 aromatic heterocycles. The average Bonchev–Trinajstić information content (AvgIpc) is 2.85. The standard InChI is InChI=1S/C17H16BrClN2/c1-12(13-5-3-2-4-6-13)21-16-8-7-14(18)11-15(16)20-17(21)9-10-19/h2-8,11-12H,9-10H2,1H3. The second-order valence-corrected chi connectivity index (χ2v) is 6.35. The van der Waals surface area contributed by atoms with Gasteiger partial charge in [0.2, 0.25) is 0 Å². The van der Waals surface area contributed by atoms with Crippen LogP contribution < -0.4 is 0 Å². The molecular formula is C17H16BrClN2. The Kier molecular flexibility index (Phi) is 4.32. The molecule has 0 aliphatic rings. The summed E-state index contributed by atoms with van der Waals surface area (Å²) in [5, 5.41) is 0. The Hall–Kier alpha value is -1.32. The number of hydrogen-bond acceptors (Lipinski definition) is 1. The summed E-state index contributed by atoms with van der Waals surface area (Å²) in [6, 6.07) is 17.0. The number of hydrogen-bond donors (Lipinski definition) is 0. The zero-order chi connectivity index (χ0) is 14.8. The van der Waals surface area contributed by atoms with E-state index in [0.29, 0.717) is 5.88 Å². The molecule has 108 valence electrons. The highest BCUT2D eigenvalue weighted by Gasteiger charge is 2.16. The Balaban J connectivity index is 2.17. The maximum absolute atomic E-state index is 5.95. The highest BCUT2D eigenvalue weighted by Crippen LogP contribution is 2.28. The molecule has 2 aromatic carbocycles. The topological polar surface area (TPSA) is 17.8 Å². The first-order valence-corrected chi connectivity index (χ1v) is 8.30. The van der Waals surface area contributed by atoms with Crippen LogP contribution in [0.3, 0.4) is 0 Å². The van der Waals surface area contributed by atoms with Gasteiger partial charge >= 0.3 is 0 Å². The largest absolute Gasteiger partial charge is 0.321 e. The van der Waals surface area contributed by atoms with E-state index in [9.17, 15) is 0 Å². The second kappa shape index (κ2) is 6.20. The normalized spacial score (nSPS) is 12.7. The van der Waals surface area contributed by atoms with E-state index < -0.39 is 0 Å². The molecule has 0 bridgehead atoms. The first-order valence-electron chi connectivity index (χ1n) is 6.98. The molecule has 0 saturated heterocycles. The number of aromatic nitrogens is 2. The first kappa shape index (κ1) is 14.6. The van der Waals surface area contributed by atoms with E-state index in [4.69, 9.17) is 16.6 Å². The van der Waals surface area contributed by atoms with Crippen molar-refractivity contribution in [3.8, 4) is 0 Å². The Labute approximate surface area is 137 Å². The summed E-state index contributed by atoms with van der Waals surface area (Å²) >= 11 is 9.47. The summed E-state index contributed by atoms with van der Waals surface area (Å²) in [5.74, 6) is 1.61. The summed E-state index contributed by atoms with van der Waals surface area (Å²) in [5.41, 5.74) is 3.43. The summed E-state index contributed by atoms with van der Waals surface area (Å²) in [6.07, 6.45) is 0.769. The van der Waals surface area contributed by atoms with Crippen molar-refractivity contribution in [1.82, 2.24) is 9.55 Å². The summed E-state index contributed by atoms with van der Waals surface area (Å²) in [4.78, 5) is 4.76. The molecule has 0 fully saturated rings. The van der Waals surface area contributed by atoms with Gasteiger partial charge in [0.1, 0.15) is 5.82 Å². The number of halogens is 2. The monoisotopic (exact) mass is 362 g/mol. The number of imidazole rings is 1. The van der Waals surface area contributed by atoms with Gasteiger partial charge in [-0.2, -0.15) is 0 Å². The van der Waals surface area contributed by atoms with Crippen molar-refractivity contribution in [3.63, 3.8) is 0 Å². The fourth-order valence-corrected chi connectivity index (χ4v) is 3.21. The Morgan fingerprint density at radius 1 is 1.19 bits per heavy atom. The molecule has 21 heavy (non-hydrogen) atoms. The predicted octanol–water partition coefficient (Wildman–Crippen LogP) is 5.19. The number of rotatable bonds is 4. The highest BCUT2D eigenvalue weighted by atomic mass is 79.9. The van der Waals surface area contributed by atoms with Gasteiger partial charge in [0.15, 0.2) is 0 Å². The Bertz CT molecular complexity index is 752. The molecule has 0 N–H and O–H groups in total. The molecule has 0 spiro atoms. The molecule has 3 rings (SSSR count). The van der Waals surface area contributed by atoms with E-state index in [2.05, 4.69) is 69.9 Å². The SMILES string of the molecule is CC(c1ccccc1)n1c(CCCl)nc2cc(Br)ccc21. The quantitative estimate of drug-likeness (QED) is 0.583. The van der Waals surface area contributed by atoms with Gasteiger partial charge in [-0.15, -0.1) is 11.6 Å². The smallest absolute Gasteiger partial charge is 0.111 e. The number of alkyl halides is 1. The third-order valence-electron chi connectivity index (χ3n) is 3.71. The van der Waals surface area contributed by atoms with E-state index in [-0.39, 0.29) is 6.04 Å². The zero-order valence-electron chi connectivity index (χ0n) is 11.8. The van der Waals surface area contributed by atoms with Crippen LogP contribution in [-0.4, -0.2) is 15.4 Å². The average molecular weight is 364 g/mol. The molecule has 0 saturated carbocycles. The van der Waals surface area contributed by atoms with Crippen molar-refractivity contribution < 1.29 is 0 Å². The zero-order valence-corrected chi connectivity index (χ0v) is 14.1. The maximum Gasteiger partial charge on any atom is 0.111 e. The fourth-order valence-electron chi connectivity index (χ4n) is 2.70. The minimum atomic E-state index is 0.232. The Morgan fingerprint density at radius 3 is 2.67 bits per heavy atom. The van der Waals surface area contributed by atoms with Gasteiger partial charge < -0.3 is 4.57 Å². The van der Waals surface area contributed by atoms with Gasteiger partial charge in [-0.1, -0.05) is 46.3 Å². The van der Waals surface area contributed by atoms with Crippen molar-refractivity contribution in [2.24, 2.45) is 0 Å². The number of benzene rings is 2. The van der Waals surface area contributed by atoms with Crippen molar-refractivity contribution in [3.05, 3.63) is 64.4 Å². The number of fused-ring (bicyclic) bond motifs is 1. The van der Waals surface area contributed by atoms with Crippen LogP contribution in [0.2, 0.25) is 0 Å². The lowest BCUT2D eigenvalue weighted by molar-refractivity contribution is 0.624. The Morgan fingerprint density at radius 2 is 1.95 bits per heavy atom. The van der Waals surface area contributed by atoms with Crippen molar-refractivity contribution in [1.29, 1.82) is 0 Å². The van der Waals surface area contributed by atoms with Crippen LogP contribution in [0, 0.1) is 0 Å². The van der Waals surface area contributed by atoms with Crippen LogP contribution in [0.1, 0.15) is 24.4 Å². The molecule has 1 atom stereocenters. The number of aryl methyl sites for hydroxylation is 1. The van der Waals surface area contributed by atoms with Crippen molar-refractivity contribution in [2.45, 2.75) is 19.4 Å². The molecule has 2 nitrogen and oxygen atoms in total. The fraction of sp³-hybridized carbons (Fsp3) is 0.235. The van der Waals surface area contributed by atoms with Crippen LogP contribution in [0.25, 0.3) is 11.0 Å². The molecule has 0 aliphatic heterocycles. The second-order valence-electron chi connectivity index (χ2n) is 5.06. The van der Waals surface area contributed by atoms with E-state index in [1.54, 1.807) is 0 Å². The predicted molar refractivity (Wildman–Crippen MR) is 92.1 cm³/mol. The van der Waals surface area contributed by atoms with E-state index in [1.807, 2.05) is 6.07 Å². The molecule has 3 aromatic rings. The van der Waals surface area contributed by atoms with Gasteiger partial charge in [-0.25, -0.2) is 4.98 Å². The summed E-state index contributed by atoms with van der Waals surface area (Å²) in [7, 11) is 0. The molecule has 0 aliphatic carbocycles. The van der Waals surface area contributed by atoms with E-state index in [0.717, 1.165) is 27.8 Å². The van der Waals surface area contributed by atoms with Crippen molar-refractivity contribution >= 4 is 38.6 Å². The van der Waals surface area contributed by atoms with Gasteiger partial charge in [-0.05, 0) is 30.7 Å². The van der Waals surface area contributed by atoms with Gasteiger partial charge in [0.05, 0.1) is 17.1 Å². The van der Waals surface area contributed by atoms with Crippen LogP contribution in [0.5, 0.6) is 0 Å². The maximum atomic E-state index is 5.95. The lowest BCUT2D eigenvalue weighted by Gasteiger charge is -2.18. The van der Waals surface area contributed by atoms with E-state index in [1.165, 1.54) is 5.56 Å². The minimum Gasteiger partial charge on any atom is -0.321 e. The minimum absolute atomic E-state index is 0.232. The van der Waals surface area contributed by atoms with Gasteiger partial charge in [0.25, 0.3) is 0 Å². The third-order valence-corrected chi connectivity index (χ3v) is 4.39.